The third kappa shape index (κ3) is 1.87. The van der Waals surface area contributed by atoms with Gasteiger partial charge in [0, 0.05) is 6.42 Å². The second-order valence-corrected chi connectivity index (χ2v) is 4.09. The SMILES string of the molecule is COC(=O)CC1(C(=O)O)CC(C)(C)O1. The van der Waals surface area contributed by atoms with E-state index in [1.54, 1.807) is 13.8 Å². The van der Waals surface area contributed by atoms with Gasteiger partial charge in [-0.3, -0.25) is 4.79 Å². The Morgan fingerprint density at radius 2 is 2.00 bits per heavy atom. The van der Waals surface area contributed by atoms with Crippen molar-refractivity contribution in [3.8, 4) is 0 Å². The summed E-state index contributed by atoms with van der Waals surface area (Å²) in [6.45, 7) is 3.57. The molecule has 80 valence electrons. The summed E-state index contributed by atoms with van der Waals surface area (Å²) in [6.07, 6.45) is 0.0900. The molecule has 1 fully saturated rings. The Balaban J connectivity index is 2.68. The van der Waals surface area contributed by atoms with Crippen LogP contribution >= 0.6 is 0 Å². The highest BCUT2D eigenvalue weighted by atomic mass is 16.6. The number of ether oxygens (including phenoxy) is 2. The molecule has 5 nitrogen and oxygen atoms in total. The number of methoxy groups -OCH3 is 1. The van der Waals surface area contributed by atoms with Crippen molar-refractivity contribution in [1.82, 2.24) is 0 Å². The van der Waals surface area contributed by atoms with Crippen molar-refractivity contribution in [3.05, 3.63) is 0 Å². The number of carboxylic acids is 1. The second kappa shape index (κ2) is 3.24. The van der Waals surface area contributed by atoms with Crippen molar-refractivity contribution in [2.24, 2.45) is 0 Å². The molecule has 5 heteroatoms. The Morgan fingerprint density at radius 3 is 2.29 bits per heavy atom. The zero-order valence-corrected chi connectivity index (χ0v) is 8.49. The van der Waals surface area contributed by atoms with Crippen LogP contribution in [0.15, 0.2) is 0 Å². The van der Waals surface area contributed by atoms with Gasteiger partial charge in [-0.05, 0) is 13.8 Å². The topological polar surface area (TPSA) is 72.8 Å². The predicted octanol–water partition coefficient (Wildman–Crippen LogP) is 0.572. The van der Waals surface area contributed by atoms with Gasteiger partial charge in [0.2, 0.25) is 0 Å². The standard InChI is InChI=1S/C9H14O5/c1-8(2)5-9(14-8,7(11)12)4-6(10)13-3/h4-5H2,1-3H3,(H,11,12). The Kier molecular flexibility index (Phi) is 2.54. The lowest BCUT2D eigenvalue weighted by Gasteiger charge is -2.49. The van der Waals surface area contributed by atoms with Crippen LogP contribution in [0.3, 0.4) is 0 Å². The summed E-state index contributed by atoms with van der Waals surface area (Å²) in [4.78, 5) is 21.9. The largest absolute Gasteiger partial charge is 0.479 e. The van der Waals surface area contributed by atoms with E-state index in [1.807, 2.05) is 0 Å². The van der Waals surface area contributed by atoms with Gasteiger partial charge in [0.25, 0.3) is 0 Å². The van der Waals surface area contributed by atoms with E-state index >= 15 is 0 Å². The Labute approximate surface area is 82.0 Å². The lowest BCUT2D eigenvalue weighted by Crippen LogP contribution is -2.62. The lowest BCUT2D eigenvalue weighted by atomic mass is 9.79. The number of hydrogen-bond donors (Lipinski definition) is 1. The number of aliphatic carboxylic acids is 1. The average molecular weight is 202 g/mol. The summed E-state index contributed by atoms with van der Waals surface area (Å²) in [7, 11) is 1.22. The van der Waals surface area contributed by atoms with E-state index < -0.39 is 23.1 Å². The molecule has 0 bridgehead atoms. The molecule has 1 N–H and O–H groups in total. The van der Waals surface area contributed by atoms with Crippen LogP contribution in [0.1, 0.15) is 26.7 Å². The third-order valence-electron chi connectivity index (χ3n) is 2.23. The maximum absolute atomic E-state index is 11.0. The van der Waals surface area contributed by atoms with Crippen LogP contribution in [0.4, 0.5) is 0 Å². The van der Waals surface area contributed by atoms with E-state index in [0.717, 1.165) is 0 Å². The van der Waals surface area contributed by atoms with Crippen LogP contribution in [0.2, 0.25) is 0 Å². The number of carbonyl (C=O) groups excluding carboxylic acids is 1. The highest BCUT2D eigenvalue weighted by Crippen LogP contribution is 2.43. The zero-order chi connectivity index (χ0) is 11.0. The fraction of sp³-hybridized carbons (Fsp3) is 0.778. The highest BCUT2D eigenvalue weighted by Gasteiger charge is 2.57. The molecule has 0 aliphatic carbocycles. The molecule has 1 aliphatic rings. The number of carboxylic acid groups (broad SMARTS) is 1. The lowest BCUT2D eigenvalue weighted by molar-refractivity contribution is -0.260. The summed E-state index contributed by atoms with van der Waals surface area (Å²) < 4.78 is 9.67. The monoisotopic (exact) mass is 202 g/mol. The number of esters is 1. The van der Waals surface area contributed by atoms with Gasteiger partial charge in [0.1, 0.15) is 0 Å². The Morgan fingerprint density at radius 1 is 1.50 bits per heavy atom. The summed E-state index contributed by atoms with van der Waals surface area (Å²) >= 11 is 0. The van der Waals surface area contributed by atoms with E-state index in [1.165, 1.54) is 7.11 Å². The molecule has 0 aromatic carbocycles. The number of carbonyl (C=O) groups is 2. The van der Waals surface area contributed by atoms with Crippen LogP contribution in [-0.4, -0.2) is 35.4 Å². The first-order chi connectivity index (χ1) is 6.31. The molecule has 0 aromatic heterocycles. The molecule has 1 saturated heterocycles. The van der Waals surface area contributed by atoms with Gasteiger partial charge < -0.3 is 14.6 Å². The minimum absolute atomic E-state index is 0.234. The van der Waals surface area contributed by atoms with Gasteiger partial charge in [-0.1, -0.05) is 0 Å². The van der Waals surface area contributed by atoms with Gasteiger partial charge >= 0.3 is 11.9 Å². The van der Waals surface area contributed by atoms with Crippen LogP contribution in [0, 0.1) is 0 Å². The van der Waals surface area contributed by atoms with E-state index in [-0.39, 0.29) is 6.42 Å². The van der Waals surface area contributed by atoms with Crippen LogP contribution in [0.5, 0.6) is 0 Å². The zero-order valence-electron chi connectivity index (χ0n) is 8.49. The molecule has 0 saturated carbocycles. The van der Waals surface area contributed by atoms with Gasteiger partial charge in [-0.2, -0.15) is 0 Å². The predicted molar refractivity (Wildman–Crippen MR) is 46.8 cm³/mol. The first-order valence-electron chi connectivity index (χ1n) is 4.32. The smallest absolute Gasteiger partial charge is 0.336 e. The molecule has 14 heavy (non-hydrogen) atoms. The first-order valence-corrected chi connectivity index (χ1v) is 4.32. The second-order valence-electron chi connectivity index (χ2n) is 4.09. The first kappa shape index (κ1) is 11.0. The molecule has 0 spiro atoms. The van der Waals surface area contributed by atoms with E-state index in [2.05, 4.69) is 4.74 Å². The van der Waals surface area contributed by atoms with Crippen molar-refractivity contribution >= 4 is 11.9 Å². The van der Waals surface area contributed by atoms with Crippen molar-refractivity contribution < 1.29 is 24.2 Å². The van der Waals surface area contributed by atoms with Crippen molar-refractivity contribution in [1.29, 1.82) is 0 Å². The van der Waals surface area contributed by atoms with Gasteiger partial charge in [-0.15, -0.1) is 0 Å². The summed E-state index contributed by atoms with van der Waals surface area (Å²) in [5.74, 6) is -1.68. The number of rotatable bonds is 3. The number of hydrogen-bond acceptors (Lipinski definition) is 4. The van der Waals surface area contributed by atoms with Crippen molar-refractivity contribution in [2.75, 3.05) is 7.11 Å². The summed E-state index contributed by atoms with van der Waals surface area (Å²) in [5.41, 5.74) is -1.84. The average Bonchev–Trinajstić information content (AvgIpc) is 2.00. The van der Waals surface area contributed by atoms with Gasteiger partial charge in [0.05, 0.1) is 19.1 Å². The Hall–Kier alpha value is -1.10. The molecule has 1 atom stereocenters. The maximum Gasteiger partial charge on any atom is 0.336 e. The highest BCUT2D eigenvalue weighted by molar-refractivity contribution is 5.85. The Bertz CT molecular complexity index is 260. The molecular weight excluding hydrogens is 188 g/mol. The molecule has 0 aromatic rings. The van der Waals surface area contributed by atoms with E-state index in [0.29, 0.717) is 6.42 Å². The molecule has 0 amide bonds. The molecule has 1 rings (SSSR count). The van der Waals surface area contributed by atoms with Crippen LogP contribution in [0.25, 0.3) is 0 Å². The normalized spacial score (nSPS) is 29.1. The van der Waals surface area contributed by atoms with E-state index in [4.69, 9.17) is 9.84 Å². The molecule has 1 heterocycles. The molecule has 1 unspecified atom stereocenters. The quantitative estimate of drug-likeness (QED) is 0.677. The van der Waals surface area contributed by atoms with Crippen molar-refractivity contribution in [2.45, 2.75) is 37.9 Å². The van der Waals surface area contributed by atoms with Gasteiger partial charge in [-0.25, -0.2) is 4.79 Å². The van der Waals surface area contributed by atoms with Crippen molar-refractivity contribution in [3.63, 3.8) is 0 Å². The maximum atomic E-state index is 11.0. The summed E-state index contributed by atoms with van der Waals surface area (Å²) in [5, 5.41) is 8.93. The van der Waals surface area contributed by atoms with E-state index in [9.17, 15) is 9.59 Å². The molecule has 1 aliphatic heterocycles. The fourth-order valence-electron chi connectivity index (χ4n) is 1.81. The molecule has 0 radical (unpaired) electrons. The van der Waals surface area contributed by atoms with Gasteiger partial charge in [0.15, 0.2) is 5.60 Å². The fourth-order valence-corrected chi connectivity index (χ4v) is 1.81. The summed E-state index contributed by atoms with van der Waals surface area (Å²) in [6, 6.07) is 0. The minimum Gasteiger partial charge on any atom is -0.479 e. The molecular formula is C9H14O5. The van der Waals surface area contributed by atoms with Crippen LogP contribution in [-0.2, 0) is 19.1 Å². The minimum atomic E-state index is -1.38. The third-order valence-corrected chi connectivity index (χ3v) is 2.23. The van der Waals surface area contributed by atoms with Crippen LogP contribution < -0.4 is 0 Å².